The molecule has 2 heterocycles. The third kappa shape index (κ3) is 3.23. The van der Waals surface area contributed by atoms with Crippen molar-refractivity contribution in [2.75, 3.05) is 14.1 Å². The van der Waals surface area contributed by atoms with Crippen molar-refractivity contribution in [2.24, 2.45) is 5.92 Å². The number of halogens is 1. The van der Waals surface area contributed by atoms with Crippen molar-refractivity contribution >= 4 is 27.4 Å². The normalized spacial score (nSPS) is 29.0. The molecule has 1 aromatic carbocycles. The molecule has 25 heavy (non-hydrogen) atoms. The van der Waals surface area contributed by atoms with E-state index in [1.165, 1.54) is 12.1 Å². The minimum absolute atomic E-state index is 0.0611. The molecule has 0 aromatic heterocycles. The van der Waals surface area contributed by atoms with E-state index >= 15 is 0 Å². The fourth-order valence-corrected chi connectivity index (χ4v) is 5.92. The summed E-state index contributed by atoms with van der Waals surface area (Å²) >= 11 is 5.90. The van der Waals surface area contributed by atoms with Crippen LogP contribution in [0.15, 0.2) is 40.9 Å². The lowest BCUT2D eigenvalue weighted by molar-refractivity contribution is -0.124. The van der Waals surface area contributed by atoms with Gasteiger partial charge in [-0.05, 0) is 43.5 Å². The molecule has 1 aromatic rings. The van der Waals surface area contributed by atoms with Gasteiger partial charge in [0.25, 0.3) is 0 Å². The molecule has 0 radical (unpaired) electrons. The molecule has 0 saturated carbocycles. The predicted molar refractivity (Wildman–Crippen MR) is 97.8 cm³/mol. The molecule has 3 unspecified atom stereocenters. The molecule has 2 aliphatic rings. The van der Waals surface area contributed by atoms with Crippen LogP contribution < -0.4 is 0 Å². The molecule has 2 fully saturated rings. The Morgan fingerprint density at radius 1 is 1.20 bits per heavy atom. The highest BCUT2D eigenvalue weighted by atomic mass is 35.5. The summed E-state index contributed by atoms with van der Waals surface area (Å²) in [5.74, 6) is -0.282. The lowest BCUT2D eigenvalue weighted by Gasteiger charge is -2.48. The van der Waals surface area contributed by atoms with Gasteiger partial charge in [-0.25, -0.2) is 8.42 Å². The first-order chi connectivity index (χ1) is 11.7. The second-order valence-electron chi connectivity index (χ2n) is 7.00. The van der Waals surface area contributed by atoms with Crippen LogP contribution in [-0.2, 0) is 14.8 Å². The van der Waals surface area contributed by atoms with Crippen LogP contribution in [0.3, 0.4) is 0 Å². The summed E-state index contributed by atoms with van der Waals surface area (Å²) in [4.78, 5) is 14.8. The number of benzene rings is 1. The molecule has 2 aliphatic heterocycles. The topological polar surface area (TPSA) is 57.7 Å². The molecule has 0 N–H and O–H groups in total. The van der Waals surface area contributed by atoms with Crippen LogP contribution in [0.1, 0.15) is 26.2 Å². The van der Waals surface area contributed by atoms with Gasteiger partial charge in [0, 0.05) is 42.9 Å². The van der Waals surface area contributed by atoms with E-state index in [1.807, 2.05) is 25.9 Å². The SMILES string of the molecule is CC1C(=O)/C(=C\N(C)C)C2CCCC1N2S(=O)(=O)c1ccc(Cl)cc1. The van der Waals surface area contributed by atoms with E-state index in [2.05, 4.69) is 0 Å². The Balaban J connectivity index is 2.10. The Morgan fingerprint density at radius 3 is 2.44 bits per heavy atom. The maximum atomic E-state index is 13.3. The number of hydrogen-bond donors (Lipinski definition) is 0. The highest BCUT2D eigenvalue weighted by molar-refractivity contribution is 7.89. The Kier molecular flexibility index (Phi) is 4.97. The van der Waals surface area contributed by atoms with E-state index in [0.29, 0.717) is 23.4 Å². The number of ketones is 1. The Labute approximate surface area is 154 Å². The second-order valence-corrected chi connectivity index (χ2v) is 9.28. The van der Waals surface area contributed by atoms with E-state index in [1.54, 1.807) is 22.6 Å². The highest BCUT2D eigenvalue weighted by Gasteiger charge is 2.50. The van der Waals surface area contributed by atoms with Crippen molar-refractivity contribution < 1.29 is 13.2 Å². The quantitative estimate of drug-likeness (QED) is 0.754. The van der Waals surface area contributed by atoms with Crippen molar-refractivity contribution in [1.82, 2.24) is 9.21 Å². The number of rotatable bonds is 3. The fraction of sp³-hybridized carbons (Fsp3) is 0.500. The van der Waals surface area contributed by atoms with Gasteiger partial charge in [0.15, 0.2) is 5.78 Å². The monoisotopic (exact) mass is 382 g/mol. The van der Waals surface area contributed by atoms with Crippen LogP contribution in [0.25, 0.3) is 0 Å². The maximum Gasteiger partial charge on any atom is 0.243 e. The van der Waals surface area contributed by atoms with Gasteiger partial charge in [-0.3, -0.25) is 4.79 Å². The number of fused-ring (bicyclic) bond motifs is 2. The summed E-state index contributed by atoms with van der Waals surface area (Å²) in [5, 5.41) is 0.495. The van der Waals surface area contributed by atoms with Crippen molar-refractivity contribution in [3.05, 3.63) is 41.1 Å². The standard InChI is InChI=1S/C18H23ClN2O3S/c1-12-16-5-4-6-17(15(18(12)22)11-20(2)3)21(16)25(23,24)14-9-7-13(19)8-10-14/h7-12,16-17H,4-6H2,1-3H3/b15-11-. The number of nitrogens with zero attached hydrogens (tertiary/aromatic N) is 2. The predicted octanol–water partition coefficient (Wildman–Crippen LogP) is 2.92. The van der Waals surface area contributed by atoms with Crippen molar-refractivity contribution in [1.29, 1.82) is 0 Å². The molecule has 136 valence electrons. The summed E-state index contributed by atoms with van der Waals surface area (Å²) in [6, 6.07) is 5.54. The van der Waals surface area contributed by atoms with Crippen LogP contribution in [0.5, 0.6) is 0 Å². The van der Waals surface area contributed by atoms with Gasteiger partial charge >= 0.3 is 0 Å². The van der Waals surface area contributed by atoms with Gasteiger partial charge in [-0.1, -0.05) is 18.5 Å². The summed E-state index contributed by atoms with van der Waals surface area (Å²) in [5.41, 5.74) is 0.589. The number of sulfonamides is 1. The molecule has 3 rings (SSSR count). The molecule has 2 bridgehead atoms. The first-order valence-corrected chi connectivity index (χ1v) is 10.3. The van der Waals surface area contributed by atoms with Gasteiger partial charge in [0.1, 0.15) is 0 Å². The number of hydrogen-bond acceptors (Lipinski definition) is 4. The summed E-state index contributed by atoms with van der Waals surface area (Å²) in [7, 11) is -0.00967. The van der Waals surface area contributed by atoms with Crippen molar-refractivity contribution in [3.8, 4) is 0 Å². The second kappa shape index (κ2) is 6.74. The number of carbonyl (C=O) groups excluding carboxylic acids is 1. The fourth-order valence-electron chi connectivity index (χ4n) is 3.87. The van der Waals surface area contributed by atoms with E-state index in [4.69, 9.17) is 11.6 Å². The zero-order valence-corrected chi connectivity index (χ0v) is 16.2. The van der Waals surface area contributed by atoms with E-state index in [0.717, 1.165) is 6.42 Å². The third-order valence-electron chi connectivity index (χ3n) is 5.03. The largest absolute Gasteiger partial charge is 0.383 e. The molecule has 7 heteroatoms. The molecule has 2 saturated heterocycles. The van der Waals surface area contributed by atoms with Gasteiger partial charge in [0.05, 0.1) is 10.9 Å². The van der Waals surface area contributed by atoms with E-state index in [-0.39, 0.29) is 22.6 Å². The van der Waals surface area contributed by atoms with Crippen LogP contribution in [-0.4, -0.2) is 49.6 Å². The first-order valence-electron chi connectivity index (χ1n) is 8.45. The third-order valence-corrected chi connectivity index (χ3v) is 7.23. The minimum Gasteiger partial charge on any atom is -0.383 e. The minimum atomic E-state index is -3.70. The first kappa shape index (κ1) is 18.4. The van der Waals surface area contributed by atoms with E-state index in [9.17, 15) is 13.2 Å². The molecule has 0 aliphatic carbocycles. The maximum absolute atomic E-state index is 13.3. The number of piperidine rings is 2. The van der Waals surface area contributed by atoms with Crippen LogP contribution in [0.2, 0.25) is 5.02 Å². The molecule has 3 atom stereocenters. The van der Waals surface area contributed by atoms with Crippen molar-refractivity contribution in [3.63, 3.8) is 0 Å². The molecule has 5 nitrogen and oxygen atoms in total. The van der Waals surface area contributed by atoms with Crippen molar-refractivity contribution in [2.45, 2.75) is 43.2 Å². The zero-order chi connectivity index (χ0) is 18.4. The lowest BCUT2D eigenvalue weighted by atomic mass is 9.77. The average molecular weight is 383 g/mol. The van der Waals surface area contributed by atoms with Gasteiger partial charge < -0.3 is 4.90 Å². The summed E-state index contributed by atoms with van der Waals surface area (Å²) in [6.07, 6.45) is 4.08. The molecular formula is C18H23ClN2O3S. The van der Waals surface area contributed by atoms with Crippen LogP contribution in [0, 0.1) is 5.92 Å². The zero-order valence-electron chi connectivity index (χ0n) is 14.6. The van der Waals surface area contributed by atoms with Crippen LogP contribution >= 0.6 is 11.6 Å². The van der Waals surface area contributed by atoms with Gasteiger partial charge in [0.2, 0.25) is 10.0 Å². The van der Waals surface area contributed by atoms with Gasteiger partial charge in [-0.2, -0.15) is 4.31 Å². The highest BCUT2D eigenvalue weighted by Crippen LogP contribution is 2.41. The smallest absolute Gasteiger partial charge is 0.243 e. The lowest BCUT2D eigenvalue weighted by Crippen LogP contribution is -2.59. The molecule has 0 spiro atoms. The number of carbonyl (C=O) groups is 1. The van der Waals surface area contributed by atoms with Gasteiger partial charge in [-0.15, -0.1) is 0 Å². The van der Waals surface area contributed by atoms with Crippen LogP contribution in [0.4, 0.5) is 0 Å². The van der Waals surface area contributed by atoms with E-state index < -0.39 is 16.1 Å². The Hall–Kier alpha value is -1.37. The summed E-state index contributed by atoms with van der Waals surface area (Å²) in [6.45, 7) is 1.84. The average Bonchev–Trinajstić information content (AvgIpc) is 2.57. The Bertz CT molecular complexity index is 802. The molecular weight excluding hydrogens is 360 g/mol. The molecule has 0 amide bonds. The number of Topliss-reactive ketones (excluding diaryl/α,β-unsaturated/α-hetero) is 1. The summed E-state index contributed by atoms with van der Waals surface area (Å²) < 4.78 is 28.2. The Morgan fingerprint density at radius 2 is 1.84 bits per heavy atom.